The Labute approximate surface area is 178 Å². The van der Waals surface area contributed by atoms with Crippen molar-refractivity contribution < 1.29 is 15.8 Å². The summed E-state index contributed by atoms with van der Waals surface area (Å²) in [5, 5.41) is 0. The molecule has 0 aromatic rings. The summed E-state index contributed by atoms with van der Waals surface area (Å²) in [6.07, 6.45) is 20.2. The van der Waals surface area contributed by atoms with Crippen LogP contribution in [0.15, 0.2) is 0 Å². The summed E-state index contributed by atoms with van der Waals surface area (Å²) in [7, 11) is 0. The van der Waals surface area contributed by atoms with E-state index in [0.717, 1.165) is 25.7 Å². The van der Waals surface area contributed by atoms with Gasteiger partial charge < -0.3 is 0 Å². The van der Waals surface area contributed by atoms with Gasteiger partial charge in [0.15, 0.2) is 0 Å². The normalized spacial score (nSPS) is 10.7. The molecule has 0 atom stereocenters. The molecule has 0 heterocycles. The van der Waals surface area contributed by atoms with Gasteiger partial charge in [0.1, 0.15) is 0 Å². The molecule has 4 nitrogen and oxygen atoms in total. The molecule has 0 amide bonds. The Morgan fingerprint density at radius 2 is 0.815 bits per heavy atom. The molecule has 27 heavy (non-hydrogen) atoms. The van der Waals surface area contributed by atoms with Crippen LogP contribution in [-0.4, -0.2) is 33.7 Å². The Bertz CT molecular complexity index is 315. The second-order valence-electron chi connectivity index (χ2n) is 7.43. The Kier molecular flexibility index (Phi) is 21.8. The fourth-order valence-electron chi connectivity index (χ4n) is 2.98. The molecule has 0 rings (SSSR count). The molecule has 0 N–H and O–H groups in total. The van der Waals surface area contributed by atoms with Gasteiger partial charge in [-0.15, -0.1) is 0 Å². The van der Waals surface area contributed by atoms with Crippen molar-refractivity contribution in [3.63, 3.8) is 0 Å². The number of carbonyl (C=O) groups excluding carboxylic acids is 2. The quantitative estimate of drug-likeness (QED) is 0.139. The third kappa shape index (κ3) is 21.9. The number of unbranched alkanes of at least 4 members (excludes halogenated alkanes) is 14. The molecule has 0 saturated carbocycles. The van der Waals surface area contributed by atoms with Crippen LogP contribution in [0.4, 0.5) is 0 Å². The monoisotopic (exact) mass is 500 g/mol. The Hall–Kier alpha value is -0.270. The molecule has 0 aliphatic rings. The summed E-state index contributed by atoms with van der Waals surface area (Å²) in [4.78, 5) is 23.2. The molecule has 0 spiro atoms. The van der Waals surface area contributed by atoms with Crippen molar-refractivity contribution in [2.24, 2.45) is 0 Å². The van der Waals surface area contributed by atoms with E-state index in [1.54, 1.807) is 0 Å². The van der Waals surface area contributed by atoms with Crippen molar-refractivity contribution in [3.05, 3.63) is 0 Å². The molecular weight excluding hydrogens is 456 g/mol. The number of hydrogen-bond donors (Lipinski definition) is 0. The minimum absolute atomic E-state index is 0.205. The van der Waals surface area contributed by atoms with Crippen LogP contribution in [0.5, 0.6) is 0 Å². The summed E-state index contributed by atoms with van der Waals surface area (Å²) >= 11 is -1.41. The van der Waals surface area contributed by atoms with Gasteiger partial charge in [-0.25, -0.2) is 0 Å². The van der Waals surface area contributed by atoms with Gasteiger partial charge in [0.05, 0.1) is 0 Å². The third-order valence-electron chi connectivity index (χ3n) is 4.72. The van der Waals surface area contributed by atoms with Crippen molar-refractivity contribution >= 4 is 33.7 Å². The van der Waals surface area contributed by atoms with Crippen LogP contribution < -0.4 is 0 Å². The van der Waals surface area contributed by atoms with E-state index >= 15 is 0 Å². The summed E-state index contributed by atoms with van der Waals surface area (Å²) < 4.78 is 10.2. The van der Waals surface area contributed by atoms with E-state index in [1.807, 2.05) is 0 Å². The maximum atomic E-state index is 11.6. The molecule has 0 bridgehead atoms. The molecule has 0 unspecified atom stereocenters. The van der Waals surface area contributed by atoms with Gasteiger partial charge in [0.2, 0.25) is 0 Å². The topological polar surface area (TPSA) is 52.6 Å². The molecule has 160 valence electrons. The predicted molar refractivity (Wildman–Crippen MR) is 112 cm³/mol. The van der Waals surface area contributed by atoms with Gasteiger partial charge >= 0.3 is 179 Å². The van der Waals surface area contributed by atoms with Crippen molar-refractivity contribution in [1.82, 2.24) is 0 Å². The second-order valence-corrected chi connectivity index (χ2v) is 8.77. The molecule has 0 aromatic heterocycles. The first kappa shape index (κ1) is 26.7. The molecule has 0 radical (unpaired) electrons. The van der Waals surface area contributed by atoms with E-state index in [4.69, 9.17) is 6.20 Å². The zero-order valence-electron chi connectivity index (χ0n) is 17.8. The molecular formula is C22H42O4Te. The first-order valence-corrected chi connectivity index (χ1v) is 13.2. The summed E-state index contributed by atoms with van der Waals surface area (Å²) in [5.74, 6) is -0.411. The van der Waals surface area contributed by atoms with Crippen LogP contribution in [0, 0.1) is 0 Å². The number of hydrogen-bond acceptors (Lipinski definition) is 4. The molecule has 0 saturated heterocycles. The first-order chi connectivity index (χ1) is 13.2. The number of rotatable bonds is 20. The van der Waals surface area contributed by atoms with Gasteiger partial charge in [0, 0.05) is 0 Å². The van der Waals surface area contributed by atoms with Gasteiger partial charge in [-0.3, -0.25) is 0 Å². The Morgan fingerprint density at radius 3 is 1.15 bits per heavy atom. The zero-order chi connectivity index (χ0) is 20.0. The van der Waals surface area contributed by atoms with Crippen LogP contribution >= 0.6 is 0 Å². The third-order valence-corrected chi connectivity index (χ3v) is 6.17. The van der Waals surface area contributed by atoms with Crippen molar-refractivity contribution in [1.29, 1.82) is 0 Å². The van der Waals surface area contributed by atoms with Crippen LogP contribution in [0.3, 0.4) is 0 Å². The number of carbonyl (C=O) groups is 2. The van der Waals surface area contributed by atoms with E-state index in [2.05, 4.69) is 13.8 Å². The van der Waals surface area contributed by atoms with Crippen LogP contribution in [0.1, 0.15) is 129 Å². The fourth-order valence-corrected chi connectivity index (χ4v) is 3.99. The predicted octanol–water partition coefficient (Wildman–Crippen LogP) is 6.67. The maximum absolute atomic E-state index is 11.6. The fraction of sp³-hybridized carbons (Fsp3) is 0.909. The second kappa shape index (κ2) is 22.0. The van der Waals surface area contributed by atoms with Gasteiger partial charge in [-0.1, -0.05) is 0 Å². The van der Waals surface area contributed by atoms with Crippen LogP contribution in [0.2, 0.25) is 0 Å². The van der Waals surface area contributed by atoms with E-state index in [0.29, 0.717) is 12.8 Å². The molecule has 5 heteroatoms. The van der Waals surface area contributed by atoms with Crippen molar-refractivity contribution in [2.45, 2.75) is 129 Å². The summed E-state index contributed by atoms with van der Waals surface area (Å²) in [6.45, 7) is 4.45. The molecule has 0 aliphatic carbocycles. The SMILES string of the molecule is CCCCCCCCCCC(=O)O[Te]OC(=O)CCCCCCCCCC. The minimum atomic E-state index is -1.41. The Balaban J connectivity index is 3.31. The Morgan fingerprint density at radius 1 is 0.519 bits per heavy atom. The van der Waals surface area contributed by atoms with E-state index < -0.39 is 21.7 Å². The van der Waals surface area contributed by atoms with Gasteiger partial charge in [-0.2, -0.15) is 0 Å². The van der Waals surface area contributed by atoms with Crippen LogP contribution in [0.25, 0.3) is 0 Å². The first-order valence-electron chi connectivity index (χ1n) is 11.3. The molecule has 0 aliphatic heterocycles. The van der Waals surface area contributed by atoms with E-state index in [9.17, 15) is 9.59 Å². The van der Waals surface area contributed by atoms with E-state index in [1.165, 1.54) is 77.0 Å². The van der Waals surface area contributed by atoms with Gasteiger partial charge in [-0.05, 0) is 0 Å². The molecule has 0 aromatic carbocycles. The zero-order valence-corrected chi connectivity index (χ0v) is 20.1. The average Bonchev–Trinajstić information content (AvgIpc) is 2.66. The average molecular weight is 498 g/mol. The standard InChI is InChI=1S/C22H42O4Te/c1-3-5-7-9-11-13-15-17-19-21(23)25-27-26-22(24)20-18-16-14-12-10-8-6-4-2/h3-20H2,1-2H3. The van der Waals surface area contributed by atoms with Crippen molar-refractivity contribution in [3.8, 4) is 0 Å². The molecule has 0 fully saturated rings. The van der Waals surface area contributed by atoms with E-state index in [-0.39, 0.29) is 11.9 Å². The van der Waals surface area contributed by atoms with Gasteiger partial charge in [0.25, 0.3) is 0 Å². The summed E-state index contributed by atoms with van der Waals surface area (Å²) in [6, 6.07) is 0. The van der Waals surface area contributed by atoms with Crippen molar-refractivity contribution in [2.75, 3.05) is 0 Å². The summed E-state index contributed by atoms with van der Waals surface area (Å²) in [5.41, 5.74) is 0. The van der Waals surface area contributed by atoms with Crippen LogP contribution in [-0.2, 0) is 15.8 Å².